The fraction of sp³-hybridized carbons (Fsp3) is 0.417. The summed E-state index contributed by atoms with van der Waals surface area (Å²) in [5.41, 5.74) is 3.64. The van der Waals surface area contributed by atoms with Crippen molar-refractivity contribution < 1.29 is 14.6 Å². The van der Waals surface area contributed by atoms with Gasteiger partial charge in [0.05, 0.1) is 11.0 Å². The Labute approximate surface area is 176 Å². The maximum atomic E-state index is 11.5. The van der Waals surface area contributed by atoms with E-state index in [9.17, 15) is 9.90 Å². The molecule has 0 unspecified atom stereocenters. The van der Waals surface area contributed by atoms with Gasteiger partial charge in [-0.25, -0.2) is 4.99 Å². The summed E-state index contributed by atoms with van der Waals surface area (Å²) >= 11 is 0. The lowest BCUT2D eigenvalue weighted by atomic mass is 10.1. The van der Waals surface area contributed by atoms with Crippen LogP contribution >= 0.6 is 0 Å². The molecule has 0 radical (unpaired) electrons. The molecule has 1 saturated carbocycles. The van der Waals surface area contributed by atoms with Crippen LogP contribution in [-0.4, -0.2) is 59.4 Å². The Balaban J connectivity index is 1.42. The summed E-state index contributed by atoms with van der Waals surface area (Å²) in [6.45, 7) is 8.11. The van der Waals surface area contributed by atoms with Gasteiger partial charge in [-0.1, -0.05) is 12.1 Å². The number of aryl methyl sites for hydroxylation is 2. The van der Waals surface area contributed by atoms with Crippen LogP contribution < -0.4 is 4.74 Å². The first-order valence-corrected chi connectivity index (χ1v) is 10.6. The molecule has 2 aliphatic heterocycles. The van der Waals surface area contributed by atoms with E-state index in [1.54, 1.807) is 0 Å². The number of rotatable bonds is 3. The Kier molecular flexibility index (Phi) is 4.54. The van der Waals surface area contributed by atoms with E-state index in [4.69, 9.17) is 9.73 Å². The van der Waals surface area contributed by atoms with Gasteiger partial charge in [0.25, 0.3) is 0 Å². The molecule has 6 heteroatoms. The monoisotopic (exact) mass is 405 g/mol. The van der Waals surface area contributed by atoms with Gasteiger partial charge >= 0.3 is 5.97 Å². The van der Waals surface area contributed by atoms with E-state index in [-0.39, 0.29) is 0 Å². The smallest absolute Gasteiger partial charge is 0.310 e. The van der Waals surface area contributed by atoms with Crippen molar-refractivity contribution in [3.05, 3.63) is 53.1 Å². The molecule has 30 heavy (non-hydrogen) atoms. The molecule has 1 N–H and O–H groups in total. The molecule has 0 atom stereocenters. The fourth-order valence-electron chi connectivity index (χ4n) is 4.36. The molecule has 2 heterocycles. The summed E-state index contributed by atoms with van der Waals surface area (Å²) in [6.07, 6.45) is 1.60. The van der Waals surface area contributed by atoms with Crippen LogP contribution in [0.1, 0.15) is 29.5 Å². The number of amidine groups is 1. The predicted molar refractivity (Wildman–Crippen MR) is 116 cm³/mol. The van der Waals surface area contributed by atoms with Crippen molar-refractivity contribution in [3.8, 4) is 11.5 Å². The molecular weight excluding hydrogens is 378 g/mol. The van der Waals surface area contributed by atoms with Gasteiger partial charge in [-0.3, -0.25) is 9.69 Å². The molecule has 0 amide bonds. The van der Waals surface area contributed by atoms with Crippen molar-refractivity contribution in [2.24, 2.45) is 10.4 Å². The average Bonchev–Trinajstić information content (AvgIpc) is 3.51. The third-order valence-corrected chi connectivity index (χ3v) is 6.44. The first-order valence-electron chi connectivity index (χ1n) is 10.6. The van der Waals surface area contributed by atoms with E-state index >= 15 is 0 Å². The van der Waals surface area contributed by atoms with Crippen molar-refractivity contribution in [1.82, 2.24) is 9.80 Å². The van der Waals surface area contributed by atoms with Gasteiger partial charge in [-0.05, 0) is 62.1 Å². The number of carboxylic acid groups (broad SMARTS) is 1. The molecule has 0 aromatic heterocycles. The average molecular weight is 405 g/mol. The number of piperazine rings is 1. The van der Waals surface area contributed by atoms with Gasteiger partial charge in [0.1, 0.15) is 17.3 Å². The van der Waals surface area contributed by atoms with E-state index < -0.39 is 11.4 Å². The third-order valence-electron chi connectivity index (χ3n) is 6.44. The number of hydrogen-bond donors (Lipinski definition) is 1. The molecule has 5 rings (SSSR count). The molecule has 3 aliphatic rings. The Morgan fingerprint density at radius 3 is 2.37 bits per heavy atom. The summed E-state index contributed by atoms with van der Waals surface area (Å²) in [5.74, 6) is 1.91. The zero-order chi connectivity index (χ0) is 20.9. The summed E-state index contributed by atoms with van der Waals surface area (Å²) in [4.78, 5) is 21.2. The minimum atomic E-state index is -0.647. The number of benzene rings is 2. The molecule has 2 aromatic carbocycles. The van der Waals surface area contributed by atoms with Crippen LogP contribution in [0.15, 0.2) is 41.4 Å². The summed E-state index contributed by atoms with van der Waals surface area (Å²) < 4.78 is 6.29. The number of nitrogens with zero attached hydrogens (tertiary/aromatic N) is 3. The topological polar surface area (TPSA) is 65.4 Å². The Bertz CT molecular complexity index is 1030. The van der Waals surface area contributed by atoms with Crippen molar-refractivity contribution in [1.29, 1.82) is 0 Å². The quantitative estimate of drug-likeness (QED) is 0.837. The minimum absolute atomic E-state index is 0.503. The lowest BCUT2D eigenvalue weighted by Gasteiger charge is -2.37. The van der Waals surface area contributed by atoms with Gasteiger partial charge in [0.2, 0.25) is 0 Å². The second-order valence-electron chi connectivity index (χ2n) is 8.86. The van der Waals surface area contributed by atoms with Gasteiger partial charge in [-0.2, -0.15) is 0 Å². The third kappa shape index (κ3) is 3.45. The zero-order valence-electron chi connectivity index (χ0n) is 17.5. The van der Waals surface area contributed by atoms with Crippen LogP contribution in [-0.2, 0) is 4.79 Å². The Morgan fingerprint density at radius 2 is 1.70 bits per heavy atom. The lowest BCUT2D eigenvalue weighted by Crippen LogP contribution is -2.50. The minimum Gasteiger partial charge on any atom is -0.481 e. The van der Waals surface area contributed by atoms with Gasteiger partial charge in [0.15, 0.2) is 5.75 Å². The van der Waals surface area contributed by atoms with Crippen LogP contribution in [0.3, 0.4) is 0 Å². The van der Waals surface area contributed by atoms with Crippen molar-refractivity contribution >= 4 is 17.5 Å². The van der Waals surface area contributed by atoms with Crippen LogP contribution in [0, 0.1) is 19.3 Å². The first kappa shape index (κ1) is 19.1. The van der Waals surface area contributed by atoms with Crippen molar-refractivity contribution in [3.63, 3.8) is 0 Å². The number of carbonyl (C=O) groups is 1. The largest absolute Gasteiger partial charge is 0.481 e. The number of ether oxygens (including phenoxy) is 1. The highest BCUT2D eigenvalue weighted by atomic mass is 16.5. The number of aliphatic imine (C=N–C) groups is 1. The Morgan fingerprint density at radius 1 is 1.03 bits per heavy atom. The van der Waals surface area contributed by atoms with Crippen molar-refractivity contribution in [2.75, 3.05) is 32.7 Å². The second kappa shape index (κ2) is 7.13. The standard InChI is InChI=1S/C24H27N3O3/c1-16-3-5-18-20(13-16)30-21-14-17(2)4-6-19(21)25-22(18)27-11-9-26(10-12-27)15-24(7-8-24)23(28)29/h3-6,13-14H,7-12,15H2,1-2H3,(H,28,29). The second-order valence-corrected chi connectivity index (χ2v) is 8.86. The number of carboxylic acids is 1. The maximum Gasteiger partial charge on any atom is 0.310 e. The SMILES string of the molecule is Cc1ccc2c(c1)Oc1cc(C)ccc1C(N1CCN(CC3(C(=O)O)CC3)CC1)=N2. The molecular formula is C24H27N3O3. The molecule has 2 fully saturated rings. The molecule has 2 aromatic rings. The van der Waals surface area contributed by atoms with Gasteiger partial charge < -0.3 is 14.7 Å². The highest BCUT2D eigenvalue weighted by molar-refractivity contribution is 6.03. The molecule has 0 bridgehead atoms. The first-order chi connectivity index (χ1) is 14.4. The summed E-state index contributed by atoms with van der Waals surface area (Å²) in [5, 5.41) is 9.50. The van der Waals surface area contributed by atoms with Gasteiger partial charge in [0, 0.05) is 32.7 Å². The van der Waals surface area contributed by atoms with E-state index in [0.717, 1.165) is 78.7 Å². The summed E-state index contributed by atoms with van der Waals surface area (Å²) in [7, 11) is 0. The molecule has 156 valence electrons. The van der Waals surface area contributed by atoms with Crippen LogP contribution in [0.2, 0.25) is 0 Å². The van der Waals surface area contributed by atoms with Crippen molar-refractivity contribution in [2.45, 2.75) is 26.7 Å². The zero-order valence-corrected chi connectivity index (χ0v) is 17.5. The normalized spacial score (nSPS) is 19.8. The molecule has 0 spiro atoms. The molecule has 6 nitrogen and oxygen atoms in total. The lowest BCUT2D eigenvalue weighted by molar-refractivity contribution is -0.144. The highest BCUT2D eigenvalue weighted by Gasteiger charge is 2.51. The van der Waals surface area contributed by atoms with Gasteiger partial charge in [-0.15, -0.1) is 0 Å². The number of aliphatic carboxylic acids is 1. The summed E-state index contributed by atoms with van der Waals surface area (Å²) in [6, 6.07) is 12.4. The number of fused-ring (bicyclic) bond motifs is 2. The maximum absolute atomic E-state index is 11.5. The van der Waals surface area contributed by atoms with Crippen LogP contribution in [0.5, 0.6) is 11.5 Å². The van der Waals surface area contributed by atoms with E-state index in [1.165, 1.54) is 0 Å². The molecule has 1 saturated heterocycles. The predicted octanol–water partition coefficient (Wildman–Crippen LogP) is 3.97. The Hall–Kier alpha value is -2.86. The fourth-order valence-corrected chi connectivity index (χ4v) is 4.36. The molecule has 1 aliphatic carbocycles. The van der Waals surface area contributed by atoms with Crippen LogP contribution in [0.4, 0.5) is 5.69 Å². The van der Waals surface area contributed by atoms with Crippen LogP contribution in [0.25, 0.3) is 0 Å². The van der Waals surface area contributed by atoms with E-state index in [2.05, 4.69) is 47.9 Å². The number of hydrogen-bond acceptors (Lipinski definition) is 5. The van der Waals surface area contributed by atoms with E-state index in [0.29, 0.717) is 6.54 Å². The van der Waals surface area contributed by atoms with E-state index in [1.807, 2.05) is 12.1 Å². The highest BCUT2D eigenvalue weighted by Crippen LogP contribution is 2.46.